The number of amides is 2. The minimum atomic E-state index is -0.472. The number of nitrogens with two attached hydrogens (primary N) is 1. The predicted octanol–water partition coefficient (Wildman–Crippen LogP) is -0.950. The Morgan fingerprint density at radius 3 is 2.64 bits per heavy atom. The van der Waals surface area contributed by atoms with Crippen LogP contribution in [0.1, 0.15) is 6.92 Å². The first-order valence-corrected chi connectivity index (χ1v) is 3.07. The monoisotopic (exact) mass is 160 g/mol. The van der Waals surface area contributed by atoms with E-state index in [-0.39, 0.29) is 11.9 Å². The van der Waals surface area contributed by atoms with Gasteiger partial charge in [0.05, 0.1) is 6.04 Å². The summed E-state index contributed by atoms with van der Waals surface area (Å²) in [6.45, 7) is 1.60. The van der Waals surface area contributed by atoms with Crippen molar-refractivity contribution in [3.63, 3.8) is 0 Å². The van der Waals surface area contributed by atoms with Crippen LogP contribution in [0.15, 0.2) is 5.16 Å². The van der Waals surface area contributed by atoms with Gasteiger partial charge in [0.2, 0.25) is 0 Å². The van der Waals surface area contributed by atoms with Crippen LogP contribution in [0, 0.1) is 0 Å². The molecule has 0 bridgehead atoms. The van der Waals surface area contributed by atoms with E-state index in [1.165, 1.54) is 7.05 Å². The molecule has 6 nitrogen and oxygen atoms in total. The molecule has 1 unspecified atom stereocenters. The van der Waals surface area contributed by atoms with Crippen LogP contribution in [0.3, 0.4) is 0 Å². The van der Waals surface area contributed by atoms with Crippen molar-refractivity contribution in [3.8, 4) is 0 Å². The Balaban J connectivity index is 3.87. The summed E-state index contributed by atoms with van der Waals surface area (Å²) in [6, 6.07) is -0.843. The van der Waals surface area contributed by atoms with Crippen LogP contribution in [0.5, 0.6) is 0 Å². The third-order valence-electron chi connectivity index (χ3n) is 1.13. The zero-order valence-corrected chi connectivity index (χ0v) is 6.46. The van der Waals surface area contributed by atoms with Crippen molar-refractivity contribution >= 4 is 11.9 Å². The first-order chi connectivity index (χ1) is 5.11. The van der Waals surface area contributed by atoms with E-state index in [0.29, 0.717) is 0 Å². The lowest BCUT2D eigenvalue weighted by Gasteiger charge is -2.10. The van der Waals surface area contributed by atoms with Gasteiger partial charge in [0.15, 0.2) is 5.84 Å². The number of amidine groups is 1. The molecule has 0 fully saturated rings. The van der Waals surface area contributed by atoms with Crippen LogP contribution in [-0.2, 0) is 0 Å². The minimum absolute atomic E-state index is 0.0337. The van der Waals surface area contributed by atoms with E-state index in [9.17, 15) is 4.79 Å². The fourth-order valence-electron chi connectivity index (χ4n) is 0.429. The summed E-state index contributed by atoms with van der Waals surface area (Å²) in [5, 5.41) is 15.7. The standard InChI is InChI=1S/C5H12N4O2/c1-3(4(6)9-11)8-5(10)7-2/h3,11H,1-2H3,(H2,6,9)(H2,7,8,10). The number of nitrogens with one attached hydrogen (secondary N) is 2. The predicted molar refractivity (Wildman–Crippen MR) is 40.5 cm³/mol. The molecule has 0 aromatic heterocycles. The summed E-state index contributed by atoms with van der Waals surface area (Å²) in [5.41, 5.74) is 5.18. The Hall–Kier alpha value is -1.46. The van der Waals surface area contributed by atoms with Crippen molar-refractivity contribution in [1.82, 2.24) is 10.6 Å². The summed E-state index contributed by atoms with van der Waals surface area (Å²) in [4.78, 5) is 10.6. The van der Waals surface area contributed by atoms with Crippen molar-refractivity contribution in [2.45, 2.75) is 13.0 Å². The van der Waals surface area contributed by atoms with Gasteiger partial charge in [-0.2, -0.15) is 0 Å². The fourth-order valence-corrected chi connectivity index (χ4v) is 0.429. The second-order valence-electron chi connectivity index (χ2n) is 1.97. The van der Waals surface area contributed by atoms with Crippen molar-refractivity contribution in [2.75, 3.05) is 7.05 Å². The number of carbonyl (C=O) groups is 1. The lowest BCUT2D eigenvalue weighted by molar-refractivity contribution is 0.241. The SMILES string of the molecule is CNC(=O)NC(C)/C(N)=N/O. The molecule has 0 saturated carbocycles. The molecule has 0 heterocycles. The van der Waals surface area contributed by atoms with Gasteiger partial charge < -0.3 is 21.6 Å². The number of carbonyl (C=O) groups excluding carboxylic acids is 1. The number of oxime groups is 1. The molecule has 0 aliphatic carbocycles. The lowest BCUT2D eigenvalue weighted by Crippen LogP contribution is -2.45. The van der Waals surface area contributed by atoms with Crippen LogP contribution in [-0.4, -0.2) is 30.2 Å². The van der Waals surface area contributed by atoms with Gasteiger partial charge in [-0.1, -0.05) is 5.16 Å². The maximum Gasteiger partial charge on any atom is 0.315 e. The Morgan fingerprint density at radius 1 is 1.73 bits per heavy atom. The molecule has 5 N–H and O–H groups in total. The van der Waals surface area contributed by atoms with E-state index in [1.54, 1.807) is 6.92 Å². The highest BCUT2D eigenvalue weighted by Gasteiger charge is 2.08. The number of nitrogens with zero attached hydrogens (tertiary/aromatic N) is 1. The Morgan fingerprint density at radius 2 is 2.27 bits per heavy atom. The molecule has 0 radical (unpaired) electrons. The van der Waals surface area contributed by atoms with Gasteiger partial charge in [-0.3, -0.25) is 0 Å². The average molecular weight is 160 g/mol. The van der Waals surface area contributed by atoms with Crippen LogP contribution < -0.4 is 16.4 Å². The van der Waals surface area contributed by atoms with Crippen LogP contribution in [0.2, 0.25) is 0 Å². The number of rotatable bonds is 2. The van der Waals surface area contributed by atoms with Crippen LogP contribution in [0.4, 0.5) is 4.79 Å². The van der Waals surface area contributed by atoms with Gasteiger partial charge >= 0.3 is 6.03 Å². The van der Waals surface area contributed by atoms with Gasteiger partial charge in [-0.05, 0) is 6.92 Å². The van der Waals surface area contributed by atoms with Gasteiger partial charge in [0.25, 0.3) is 0 Å². The second-order valence-corrected chi connectivity index (χ2v) is 1.97. The van der Waals surface area contributed by atoms with Crippen molar-refractivity contribution in [3.05, 3.63) is 0 Å². The summed E-state index contributed by atoms with van der Waals surface area (Å²) in [7, 11) is 1.48. The van der Waals surface area contributed by atoms with Crippen molar-refractivity contribution in [1.29, 1.82) is 0 Å². The Bertz CT molecular complexity index is 168. The Kier molecular flexibility index (Phi) is 3.79. The summed E-state index contributed by atoms with van der Waals surface area (Å²) in [6.07, 6.45) is 0. The van der Waals surface area contributed by atoms with E-state index in [2.05, 4.69) is 15.8 Å². The normalized spacial score (nSPS) is 13.8. The molecule has 64 valence electrons. The molecule has 11 heavy (non-hydrogen) atoms. The first-order valence-electron chi connectivity index (χ1n) is 3.07. The molecular formula is C5H12N4O2. The minimum Gasteiger partial charge on any atom is -0.409 e. The van der Waals surface area contributed by atoms with Crippen LogP contribution >= 0.6 is 0 Å². The average Bonchev–Trinajstić information content (AvgIpc) is 2.02. The summed E-state index contributed by atoms with van der Waals surface area (Å²) in [5.74, 6) is -0.0337. The van der Waals surface area contributed by atoms with Gasteiger partial charge in [-0.15, -0.1) is 0 Å². The smallest absolute Gasteiger partial charge is 0.315 e. The number of urea groups is 1. The fraction of sp³-hybridized carbons (Fsp3) is 0.600. The highest BCUT2D eigenvalue weighted by molar-refractivity contribution is 5.88. The third-order valence-corrected chi connectivity index (χ3v) is 1.13. The maximum atomic E-state index is 10.6. The highest BCUT2D eigenvalue weighted by atomic mass is 16.4. The van der Waals surface area contributed by atoms with Crippen LogP contribution in [0.25, 0.3) is 0 Å². The molecule has 0 rings (SSSR count). The van der Waals surface area contributed by atoms with Crippen molar-refractivity contribution < 1.29 is 10.0 Å². The first kappa shape index (κ1) is 9.54. The van der Waals surface area contributed by atoms with E-state index >= 15 is 0 Å². The van der Waals surface area contributed by atoms with Gasteiger partial charge in [-0.25, -0.2) is 4.79 Å². The Labute approximate surface area is 64.4 Å². The molecular weight excluding hydrogens is 148 g/mol. The van der Waals surface area contributed by atoms with Gasteiger partial charge in [0, 0.05) is 7.05 Å². The zero-order valence-electron chi connectivity index (χ0n) is 6.46. The molecule has 6 heteroatoms. The van der Waals surface area contributed by atoms with E-state index in [0.717, 1.165) is 0 Å². The zero-order chi connectivity index (χ0) is 8.85. The molecule has 1 atom stereocenters. The second kappa shape index (κ2) is 4.37. The summed E-state index contributed by atoms with van der Waals surface area (Å²) >= 11 is 0. The van der Waals surface area contributed by atoms with Gasteiger partial charge in [0.1, 0.15) is 0 Å². The molecule has 0 saturated heterocycles. The highest BCUT2D eigenvalue weighted by Crippen LogP contribution is 1.80. The lowest BCUT2D eigenvalue weighted by atomic mass is 10.3. The quantitative estimate of drug-likeness (QED) is 0.181. The number of hydrogen-bond donors (Lipinski definition) is 4. The maximum absolute atomic E-state index is 10.6. The molecule has 0 aliphatic heterocycles. The molecule has 0 aliphatic rings. The largest absolute Gasteiger partial charge is 0.409 e. The third kappa shape index (κ3) is 3.29. The van der Waals surface area contributed by atoms with E-state index in [1.807, 2.05) is 0 Å². The topological polar surface area (TPSA) is 99.7 Å². The van der Waals surface area contributed by atoms with E-state index in [4.69, 9.17) is 10.9 Å². The van der Waals surface area contributed by atoms with Crippen molar-refractivity contribution in [2.24, 2.45) is 10.9 Å². The summed E-state index contributed by atoms with van der Waals surface area (Å²) < 4.78 is 0. The molecule has 0 aromatic rings. The molecule has 0 spiro atoms. The van der Waals surface area contributed by atoms with E-state index < -0.39 is 6.04 Å². The molecule has 0 aromatic carbocycles. The number of hydrogen-bond acceptors (Lipinski definition) is 3. The molecule has 2 amide bonds.